The van der Waals surface area contributed by atoms with Gasteiger partial charge in [0, 0.05) is 0 Å². The number of halogens is 1. The Hall–Kier alpha value is -4.82. The van der Waals surface area contributed by atoms with Crippen LogP contribution in [0.15, 0.2) is 273 Å². The van der Waals surface area contributed by atoms with Crippen LogP contribution in [0.2, 0.25) is 0 Å². The number of rotatable bonds is 9. The third kappa shape index (κ3) is 13.1. The molecule has 0 fully saturated rings. The normalized spacial score (nSPS) is 10.3. The molecule has 0 aliphatic rings. The van der Waals surface area contributed by atoms with Gasteiger partial charge in [0.15, 0.2) is 0 Å². The summed E-state index contributed by atoms with van der Waals surface area (Å²) in [5, 5.41) is 12.9. The van der Waals surface area contributed by atoms with E-state index in [9.17, 15) is 0 Å². The van der Waals surface area contributed by atoms with Crippen molar-refractivity contribution in [3.8, 4) is 0 Å². The summed E-state index contributed by atoms with van der Waals surface area (Å²) in [6.07, 6.45) is 0. The SMILES string of the molecule is [Cl][RuH].c1ccc([PH+](c2ccccc2)c2ccccc2)cc1.c1ccc([PH+](c2ccccc2)c2ccccc2)cc1.c1ccc([PH+](c2ccccc2)c2ccccc2)cc1. The van der Waals surface area contributed by atoms with Crippen molar-refractivity contribution in [3.63, 3.8) is 0 Å². The van der Waals surface area contributed by atoms with E-state index in [1.54, 1.807) is 17.3 Å². The molecule has 0 nitrogen and oxygen atoms in total. The Bertz CT molecular complexity index is 1870. The second-order valence-electron chi connectivity index (χ2n) is 13.4. The summed E-state index contributed by atoms with van der Waals surface area (Å²) in [5.74, 6) is 0. The zero-order chi connectivity index (χ0) is 40.7. The average Bonchev–Trinajstić information content (AvgIpc) is 3.34. The van der Waals surface area contributed by atoms with Crippen molar-refractivity contribution >= 4 is 81.2 Å². The maximum absolute atomic E-state index is 4.61. The van der Waals surface area contributed by atoms with Gasteiger partial charge in [-0.3, -0.25) is 0 Å². The van der Waals surface area contributed by atoms with E-state index in [-0.39, 0.29) is 0 Å². The van der Waals surface area contributed by atoms with Crippen molar-refractivity contribution in [3.05, 3.63) is 273 Å². The molecular weight excluding hydrogens is 878 g/mol. The minimum absolute atomic E-state index is 0.877. The van der Waals surface area contributed by atoms with Crippen LogP contribution in [-0.2, 0) is 17.3 Å². The van der Waals surface area contributed by atoms with Gasteiger partial charge < -0.3 is 0 Å². The maximum Gasteiger partial charge on any atom is 0.102 e. The van der Waals surface area contributed by atoms with Gasteiger partial charge in [0.25, 0.3) is 0 Å². The molecule has 9 aromatic carbocycles. The molecule has 0 heterocycles. The van der Waals surface area contributed by atoms with E-state index in [1.807, 2.05) is 0 Å². The van der Waals surface area contributed by atoms with Crippen LogP contribution in [-0.4, -0.2) is 0 Å². The van der Waals surface area contributed by atoms with Crippen molar-refractivity contribution in [1.29, 1.82) is 0 Å². The zero-order valence-corrected chi connectivity index (χ0v) is 38.4. The molecule has 0 N–H and O–H groups in total. The monoisotopic (exact) mass is 927 g/mol. The minimum Gasteiger partial charge on any atom is -0.0620 e. The van der Waals surface area contributed by atoms with Crippen LogP contribution in [0.4, 0.5) is 0 Å². The molecule has 0 aliphatic heterocycles. The van der Waals surface area contributed by atoms with Crippen molar-refractivity contribution in [2.24, 2.45) is 0 Å². The Kier molecular flexibility index (Phi) is 18.5. The van der Waals surface area contributed by atoms with Crippen molar-refractivity contribution in [2.75, 3.05) is 0 Å². The first kappa shape index (κ1) is 43.8. The Labute approximate surface area is 369 Å². The van der Waals surface area contributed by atoms with Crippen LogP contribution >= 0.6 is 33.5 Å². The van der Waals surface area contributed by atoms with E-state index in [4.69, 9.17) is 0 Å². The van der Waals surface area contributed by atoms with Crippen molar-refractivity contribution in [2.45, 2.75) is 0 Å². The summed E-state index contributed by atoms with van der Waals surface area (Å²) in [6, 6.07) is 97.5. The van der Waals surface area contributed by atoms with E-state index in [2.05, 4.69) is 283 Å². The molecule has 0 bridgehead atoms. The standard InChI is InChI=1S/3C18H15P.ClH.Ru.H/c3*1-4-10-16(11-5-1)19(17-12-6-2-7-13-17)18-14-8-3-9-15-18;;;/h3*1-15H;1H;;/q;;;;+1;/p+2. The summed E-state index contributed by atoms with van der Waals surface area (Å²) in [4.78, 5) is 0. The van der Waals surface area contributed by atoms with Gasteiger partial charge in [-0.25, -0.2) is 0 Å². The maximum atomic E-state index is 4.61. The molecule has 0 spiro atoms. The van der Waals surface area contributed by atoms with E-state index in [0.29, 0.717) is 0 Å². The van der Waals surface area contributed by atoms with Crippen LogP contribution < -0.4 is 47.7 Å². The van der Waals surface area contributed by atoms with Gasteiger partial charge in [-0.05, 0) is 109 Å². The summed E-state index contributed by atoms with van der Waals surface area (Å²) in [5.41, 5.74) is 0. The fourth-order valence-electron chi connectivity index (χ4n) is 6.94. The molecular formula is C54H49ClP3Ru+3. The number of benzene rings is 9. The Balaban J connectivity index is 0.000000146. The molecule has 59 heavy (non-hydrogen) atoms. The fourth-order valence-corrected chi connectivity index (χ4v) is 14.7. The molecule has 9 rings (SSSR count). The average molecular weight is 927 g/mol. The molecule has 5 heteroatoms. The predicted octanol–water partition coefficient (Wildman–Crippen LogP) is 9.95. The zero-order valence-electron chi connectivity index (χ0n) is 32.7. The smallest absolute Gasteiger partial charge is 0.0620 e. The van der Waals surface area contributed by atoms with E-state index in [1.165, 1.54) is 47.7 Å². The first-order valence-corrected chi connectivity index (χ1v) is 26.5. The molecule has 0 aromatic heterocycles. The summed E-state index contributed by atoms with van der Waals surface area (Å²) in [6.45, 7) is 0. The van der Waals surface area contributed by atoms with E-state index < -0.39 is 23.8 Å². The predicted molar refractivity (Wildman–Crippen MR) is 267 cm³/mol. The van der Waals surface area contributed by atoms with Crippen LogP contribution in [0.3, 0.4) is 0 Å². The molecule has 0 aliphatic carbocycles. The molecule has 0 radical (unpaired) electrons. The largest absolute Gasteiger partial charge is 0.102 e. The van der Waals surface area contributed by atoms with Gasteiger partial charge in [-0.15, -0.1) is 0 Å². The third-order valence-electron chi connectivity index (χ3n) is 9.56. The third-order valence-corrected chi connectivity index (χ3v) is 17.8. The fraction of sp³-hybridized carbons (Fsp3) is 0. The molecule has 292 valence electrons. The molecule has 9 aromatic rings. The molecule has 0 amide bonds. The van der Waals surface area contributed by atoms with Crippen LogP contribution in [0, 0.1) is 0 Å². The molecule has 0 atom stereocenters. The second-order valence-corrected chi connectivity index (χ2v) is 20.9. The van der Waals surface area contributed by atoms with Crippen LogP contribution in [0.5, 0.6) is 0 Å². The number of hydrogen-bond acceptors (Lipinski definition) is 0. The van der Waals surface area contributed by atoms with Crippen molar-refractivity contribution in [1.82, 2.24) is 0 Å². The molecule has 0 saturated heterocycles. The van der Waals surface area contributed by atoms with Gasteiger partial charge in [0.2, 0.25) is 0 Å². The second kappa shape index (κ2) is 25.0. The quantitative estimate of drug-likeness (QED) is 0.100. The van der Waals surface area contributed by atoms with Gasteiger partial charge in [0.1, 0.15) is 47.7 Å². The van der Waals surface area contributed by atoms with Crippen LogP contribution in [0.25, 0.3) is 0 Å². The first-order valence-electron chi connectivity index (χ1n) is 19.6. The Morgan fingerprint density at radius 1 is 0.169 bits per heavy atom. The minimum atomic E-state index is -0.877. The molecule has 0 unspecified atom stereocenters. The van der Waals surface area contributed by atoms with E-state index in [0.717, 1.165) is 0 Å². The van der Waals surface area contributed by atoms with Gasteiger partial charge in [0.05, 0.1) is 23.8 Å². The topological polar surface area (TPSA) is 0 Å². The van der Waals surface area contributed by atoms with Crippen LogP contribution in [0.1, 0.15) is 0 Å². The summed E-state index contributed by atoms with van der Waals surface area (Å²) < 4.78 is 0. The van der Waals surface area contributed by atoms with Crippen molar-refractivity contribution < 1.29 is 17.3 Å². The van der Waals surface area contributed by atoms with E-state index >= 15 is 0 Å². The first-order chi connectivity index (χ1) is 29.3. The summed E-state index contributed by atoms with van der Waals surface area (Å²) >= 11 is 1.62. The Morgan fingerprint density at radius 3 is 0.339 bits per heavy atom. The number of hydrogen-bond donors (Lipinski definition) is 0. The van der Waals surface area contributed by atoms with Gasteiger partial charge in [-0.2, -0.15) is 0 Å². The van der Waals surface area contributed by atoms with Gasteiger partial charge in [-0.1, -0.05) is 164 Å². The summed E-state index contributed by atoms with van der Waals surface area (Å²) in [7, 11) is 1.98. The molecule has 0 saturated carbocycles. The van der Waals surface area contributed by atoms with Gasteiger partial charge >= 0.3 is 27.0 Å². The Morgan fingerprint density at radius 2 is 0.254 bits per heavy atom.